The van der Waals surface area contributed by atoms with Gasteiger partial charge in [0.05, 0.1) is 12.2 Å². The van der Waals surface area contributed by atoms with Crippen molar-refractivity contribution in [1.82, 2.24) is 14.9 Å². The van der Waals surface area contributed by atoms with E-state index in [0.29, 0.717) is 29.5 Å². The van der Waals surface area contributed by atoms with Crippen LogP contribution in [0.25, 0.3) is 0 Å². The molecule has 0 amide bonds. The van der Waals surface area contributed by atoms with Crippen LogP contribution in [0.15, 0.2) is 21.5 Å². The van der Waals surface area contributed by atoms with Gasteiger partial charge in [-0.15, -0.1) is 0 Å². The molecule has 0 unspecified atom stereocenters. The molecule has 0 spiro atoms. The predicted octanol–water partition coefficient (Wildman–Crippen LogP) is 2.17. The smallest absolute Gasteiger partial charge is 0.361 e. The molecule has 2 aromatic rings. The summed E-state index contributed by atoms with van der Waals surface area (Å²) in [5.74, 6) is 0.466. The van der Waals surface area contributed by atoms with Crippen LogP contribution in [-0.4, -0.2) is 14.9 Å². The highest BCUT2D eigenvalue weighted by Crippen LogP contribution is 2.26. The van der Waals surface area contributed by atoms with E-state index in [9.17, 15) is 18.0 Å². The van der Waals surface area contributed by atoms with Crippen molar-refractivity contribution in [2.24, 2.45) is 0 Å². The van der Waals surface area contributed by atoms with Crippen LogP contribution >= 0.6 is 0 Å². The molecule has 0 radical (unpaired) electrons. The topological polar surface area (TPSA) is 60.9 Å². The molecule has 0 aliphatic heterocycles. The van der Waals surface area contributed by atoms with Crippen molar-refractivity contribution in [2.45, 2.75) is 33.0 Å². The molecule has 8 heteroatoms. The minimum absolute atomic E-state index is 0.0960. The summed E-state index contributed by atoms with van der Waals surface area (Å²) in [5.41, 5.74) is -0.528. The molecule has 0 saturated heterocycles. The van der Waals surface area contributed by atoms with E-state index in [1.807, 2.05) is 6.92 Å². The Morgan fingerprint density at radius 1 is 1.35 bits per heavy atom. The fraction of sp³-hybridized carbons (Fsp3) is 0.417. The molecule has 2 heterocycles. The monoisotopic (exact) mass is 287 g/mol. The number of halogens is 3. The van der Waals surface area contributed by atoms with Gasteiger partial charge in [0.2, 0.25) is 0 Å². The highest BCUT2D eigenvalue weighted by Gasteiger charge is 2.33. The van der Waals surface area contributed by atoms with Crippen LogP contribution in [0.3, 0.4) is 0 Å². The number of aryl methyl sites for hydroxylation is 2. The minimum atomic E-state index is -4.59. The van der Waals surface area contributed by atoms with E-state index in [0.717, 1.165) is 10.7 Å². The molecule has 5 nitrogen and oxygen atoms in total. The quantitative estimate of drug-likeness (QED) is 0.868. The molecular formula is C12H12F3N3O2. The van der Waals surface area contributed by atoms with Gasteiger partial charge in [0.15, 0.2) is 5.69 Å². The molecule has 0 saturated carbocycles. The Labute approximate surface area is 112 Å². The van der Waals surface area contributed by atoms with E-state index in [1.165, 1.54) is 0 Å². The second kappa shape index (κ2) is 5.10. The Balaban J connectivity index is 2.43. The van der Waals surface area contributed by atoms with Crippen LogP contribution in [0.1, 0.15) is 29.6 Å². The van der Waals surface area contributed by atoms with Gasteiger partial charge in [0.25, 0.3) is 5.56 Å². The highest BCUT2D eigenvalue weighted by atomic mass is 19.4. The minimum Gasteiger partial charge on any atom is -0.361 e. The molecule has 20 heavy (non-hydrogen) atoms. The van der Waals surface area contributed by atoms with Crippen molar-refractivity contribution in [3.05, 3.63) is 45.2 Å². The van der Waals surface area contributed by atoms with Crippen molar-refractivity contribution >= 4 is 0 Å². The summed E-state index contributed by atoms with van der Waals surface area (Å²) in [6.07, 6.45) is -4.03. The first-order chi connectivity index (χ1) is 9.32. The van der Waals surface area contributed by atoms with Crippen LogP contribution in [0, 0.1) is 6.92 Å². The summed E-state index contributed by atoms with van der Waals surface area (Å²) in [5, 5.41) is 7.14. The number of rotatable bonds is 3. The summed E-state index contributed by atoms with van der Waals surface area (Å²) in [6.45, 7) is 3.38. The van der Waals surface area contributed by atoms with Crippen molar-refractivity contribution in [1.29, 1.82) is 0 Å². The zero-order chi connectivity index (χ0) is 14.9. The third kappa shape index (κ3) is 2.73. The number of alkyl halides is 3. The molecule has 0 bridgehead atoms. The predicted molar refractivity (Wildman–Crippen MR) is 63.2 cm³/mol. The molecule has 0 aliphatic rings. The maximum Gasteiger partial charge on any atom is 0.435 e. The summed E-state index contributed by atoms with van der Waals surface area (Å²) < 4.78 is 43.5. The van der Waals surface area contributed by atoms with E-state index < -0.39 is 17.4 Å². The lowest BCUT2D eigenvalue weighted by atomic mass is 10.1. The third-order valence-corrected chi connectivity index (χ3v) is 2.87. The van der Waals surface area contributed by atoms with E-state index in [2.05, 4.69) is 10.3 Å². The molecule has 0 N–H and O–H groups in total. The second-order valence-electron chi connectivity index (χ2n) is 4.23. The Morgan fingerprint density at radius 3 is 2.65 bits per heavy atom. The lowest BCUT2D eigenvalue weighted by Gasteiger charge is -2.09. The fourth-order valence-corrected chi connectivity index (χ4v) is 1.78. The Bertz CT molecular complexity index is 673. The van der Waals surface area contributed by atoms with Crippen LogP contribution in [0.5, 0.6) is 0 Å². The number of nitrogens with zero attached hydrogens (tertiary/aromatic N) is 3. The molecule has 2 rings (SSSR count). The molecule has 0 aromatic carbocycles. The summed E-state index contributed by atoms with van der Waals surface area (Å²) in [7, 11) is 0. The molecular weight excluding hydrogens is 275 g/mol. The van der Waals surface area contributed by atoms with Crippen molar-refractivity contribution in [3.63, 3.8) is 0 Å². The van der Waals surface area contributed by atoms with Crippen molar-refractivity contribution < 1.29 is 17.7 Å². The van der Waals surface area contributed by atoms with Crippen LogP contribution in [-0.2, 0) is 19.1 Å². The first kappa shape index (κ1) is 14.3. The zero-order valence-corrected chi connectivity index (χ0v) is 10.9. The Morgan fingerprint density at radius 2 is 2.05 bits per heavy atom. The maximum absolute atomic E-state index is 12.6. The van der Waals surface area contributed by atoms with Gasteiger partial charge in [-0.3, -0.25) is 4.79 Å². The lowest BCUT2D eigenvalue weighted by Crippen LogP contribution is -2.26. The van der Waals surface area contributed by atoms with Crippen LogP contribution in [0.4, 0.5) is 13.2 Å². The van der Waals surface area contributed by atoms with Crippen molar-refractivity contribution in [3.8, 4) is 0 Å². The summed E-state index contributed by atoms with van der Waals surface area (Å²) in [4.78, 5) is 11.6. The SMILES string of the molecule is CCc1noc(C)c1Cn1nc(C(F)(F)F)ccc1=O. The van der Waals surface area contributed by atoms with Gasteiger partial charge in [0, 0.05) is 11.6 Å². The standard InChI is InChI=1S/C12H12F3N3O2/c1-3-9-8(7(2)20-17-9)6-18-11(19)5-4-10(16-18)12(13,14)15/h4-5H,3,6H2,1-2H3. The highest BCUT2D eigenvalue weighted by molar-refractivity contribution is 5.22. The molecule has 0 atom stereocenters. The van der Waals surface area contributed by atoms with Gasteiger partial charge in [-0.05, 0) is 19.4 Å². The van der Waals surface area contributed by atoms with Gasteiger partial charge >= 0.3 is 6.18 Å². The van der Waals surface area contributed by atoms with Crippen LogP contribution in [0.2, 0.25) is 0 Å². The number of hydrogen-bond acceptors (Lipinski definition) is 4. The van der Waals surface area contributed by atoms with E-state index in [4.69, 9.17) is 4.52 Å². The second-order valence-corrected chi connectivity index (χ2v) is 4.23. The average molecular weight is 287 g/mol. The average Bonchev–Trinajstić information content (AvgIpc) is 2.72. The molecule has 0 aliphatic carbocycles. The largest absolute Gasteiger partial charge is 0.435 e. The third-order valence-electron chi connectivity index (χ3n) is 2.87. The molecule has 0 fully saturated rings. The summed E-state index contributed by atoms with van der Waals surface area (Å²) >= 11 is 0. The number of hydrogen-bond donors (Lipinski definition) is 0. The van der Waals surface area contributed by atoms with Gasteiger partial charge in [-0.1, -0.05) is 12.1 Å². The van der Waals surface area contributed by atoms with E-state index in [1.54, 1.807) is 6.92 Å². The van der Waals surface area contributed by atoms with E-state index >= 15 is 0 Å². The summed E-state index contributed by atoms with van der Waals surface area (Å²) in [6, 6.07) is 1.52. The van der Waals surface area contributed by atoms with Gasteiger partial charge in [-0.25, -0.2) is 4.68 Å². The Hall–Kier alpha value is -2.12. The number of aromatic nitrogens is 3. The van der Waals surface area contributed by atoms with Crippen molar-refractivity contribution in [2.75, 3.05) is 0 Å². The fourth-order valence-electron chi connectivity index (χ4n) is 1.78. The first-order valence-corrected chi connectivity index (χ1v) is 5.92. The first-order valence-electron chi connectivity index (χ1n) is 5.92. The van der Waals surface area contributed by atoms with E-state index in [-0.39, 0.29) is 6.54 Å². The molecule has 108 valence electrons. The maximum atomic E-state index is 12.6. The van der Waals surface area contributed by atoms with Crippen LogP contribution < -0.4 is 5.56 Å². The lowest BCUT2D eigenvalue weighted by molar-refractivity contribution is -0.142. The molecule has 2 aromatic heterocycles. The Kier molecular flexibility index (Phi) is 3.65. The zero-order valence-electron chi connectivity index (χ0n) is 10.9. The van der Waals surface area contributed by atoms with Gasteiger partial charge in [-0.2, -0.15) is 18.3 Å². The van der Waals surface area contributed by atoms with Gasteiger partial charge < -0.3 is 4.52 Å². The normalized spacial score (nSPS) is 11.8. The van der Waals surface area contributed by atoms with Gasteiger partial charge in [0.1, 0.15) is 5.76 Å².